The van der Waals surface area contributed by atoms with E-state index in [1.165, 1.54) is 9.80 Å². The molecule has 0 spiro atoms. The van der Waals surface area contributed by atoms with E-state index in [1.54, 1.807) is 20.0 Å². The Bertz CT molecular complexity index is 688. The van der Waals surface area contributed by atoms with Crippen LogP contribution in [0.25, 0.3) is 0 Å². The molecule has 7 nitrogen and oxygen atoms in total. The predicted molar refractivity (Wildman–Crippen MR) is 76.2 cm³/mol. The molecule has 3 amide bonds. The molecule has 7 heteroatoms. The maximum absolute atomic E-state index is 12.6. The van der Waals surface area contributed by atoms with Crippen molar-refractivity contribution in [2.45, 2.75) is 26.4 Å². The van der Waals surface area contributed by atoms with Crippen molar-refractivity contribution in [1.29, 1.82) is 0 Å². The van der Waals surface area contributed by atoms with Crippen molar-refractivity contribution in [1.82, 2.24) is 14.4 Å². The minimum Gasteiger partial charge on any atom is -0.270 e. The Morgan fingerprint density at radius 1 is 1.48 bits per heavy atom. The van der Waals surface area contributed by atoms with E-state index in [4.69, 9.17) is 0 Å². The molecule has 110 valence electrons. The highest BCUT2D eigenvalue weighted by atomic mass is 16.2. The van der Waals surface area contributed by atoms with Crippen LogP contribution in [-0.2, 0) is 11.3 Å². The number of aryl methyl sites for hydroxylation is 1. The molecular weight excluding hydrogens is 270 g/mol. The van der Waals surface area contributed by atoms with Gasteiger partial charge in [-0.2, -0.15) is 0 Å². The highest BCUT2D eigenvalue weighted by molar-refractivity contribution is 6.19. The molecule has 2 aliphatic heterocycles. The SMILES string of the molecule is C=CCn1c(C)c[n+]2c1N=C1C2C(=O)N(CC)C(=O)N1C. The molecule has 0 radical (unpaired) electrons. The molecule has 1 aromatic heterocycles. The summed E-state index contributed by atoms with van der Waals surface area (Å²) >= 11 is 0. The van der Waals surface area contributed by atoms with Gasteiger partial charge in [0.1, 0.15) is 11.9 Å². The number of aromatic nitrogens is 2. The van der Waals surface area contributed by atoms with Crippen molar-refractivity contribution >= 4 is 23.7 Å². The van der Waals surface area contributed by atoms with Crippen LogP contribution in [0.5, 0.6) is 0 Å². The standard InChI is InChI=1S/C14H18N5O2/c1-5-7-18-9(3)8-19-10-11(15-13(18)19)16(4)14(21)17(6-2)12(10)20/h5,8,10H,1,6-7H2,2-4H3/q+1. The van der Waals surface area contributed by atoms with Gasteiger partial charge in [0.2, 0.25) is 11.9 Å². The van der Waals surface area contributed by atoms with E-state index in [9.17, 15) is 9.59 Å². The van der Waals surface area contributed by atoms with E-state index in [2.05, 4.69) is 11.6 Å². The number of likely N-dealkylation sites (N-methyl/N-ethyl adjacent to an activating group) is 2. The summed E-state index contributed by atoms with van der Waals surface area (Å²) < 4.78 is 3.81. The van der Waals surface area contributed by atoms with Crippen LogP contribution in [-0.4, -0.2) is 45.7 Å². The Hall–Kier alpha value is -2.44. The van der Waals surface area contributed by atoms with Crippen LogP contribution < -0.4 is 4.57 Å². The summed E-state index contributed by atoms with van der Waals surface area (Å²) in [4.78, 5) is 32.0. The smallest absolute Gasteiger partial charge is 0.270 e. The summed E-state index contributed by atoms with van der Waals surface area (Å²) in [5.41, 5.74) is 1.00. The van der Waals surface area contributed by atoms with Gasteiger partial charge >= 0.3 is 12.0 Å². The number of allylic oxidation sites excluding steroid dienone is 1. The van der Waals surface area contributed by atoms with Gasteiger partial charge in [-0.15, -0.1) is 0 Å². The van der Waals surface area contributed by atoms with Crippen molar-refractivity contribution in [3.05, 3.63) is 24.5 Å². The number of imidazole rings is 1. The van der Waals surface area contributed by atoms with E-state index in [0.29, 0.717) is 24.9 Å². The zero-order chi connectivity index (χ0) is 15.3. The third-order valence-electron chi connectivity index (χ3n) is 3.95. The molecule has 3 rings (SSSR count). The lowest BCUT2D eigenvalue weighted by atomic mass is 10.1. The van der Waals surface area contributed by atoms with Gasteiger partial charge in [0.25, 0.3) is 5.91 Å². The van der Waals surface area contributed by atoms with E-state index in [0.717, 1.165) is 5.69 Å². The number of rotatable bonds is 3. The maximum atomic E-state index is 12.6. The zero-order valence-corrected chi connectivity index (χ0v) is 12.4. The summed E-state index contributed by atoms with van der Waals surface area (Å²) in [6, 6.07) is -0.873. The normalized spacial score (nSPS) is 20.5. The molecule has 1 fully saturated rings. The first kappa shape index (κ1) is 13.5. The van der Waals surface area contributed by atoms with E-state index in [-0.39, 0.29) is 11.9 Å². The summed E-state index contributed by atoms with van der Waals surface area (Å²) in [5, 5.41) is 0. The van der Waals surface area contributed by atoms with Gasteiger partial charge in [-0.05, 0) is 13.8 Å². The number of imide groups is 1. The number of hydrogen-bond acceptors (Lipinski definition) is 3. The number of amidine groups is 1. The molecule has 0 saturated carbocycles. The first-order valence-corrected chi connectivity index (χ1v) is 6.91. The van der Waals surface area contributed by atoms with Gasteiger partial charge < -0.3 is 0 Å². The van der Waals surface area contributed by atoms with Crippen molar-refractivity contribution < 1.29 is 14.2 Å². The lowest BCUT2D eigenvalue weighted by molar-refractivity contribution is -0.677. The maximum Gasteiger partial charge on any atom is 0.402 e. The lowest BCUT2D eigenvalue weighted by Gasteiger charge is -2.32. The fourth-order valence-electron chi connectivity index (χ4n) is 2.88. The molecule has 1 aromatic rings. The van der Waals surface area contributed by atoms with Crippen LogP contribution in [0, 0.1) is 6.92 Å². The second kappa shape index (κ2) is 4.54. The van der Waals surface area contributed by atoms with E-state index in [1.807, 2.05) is 22.3 Å². The van der Waals surface area contributed by atoms with Crippen molar-refractivity contribution in [2.75, 3.05) is 13.6 Å². The van der Waals surface area contributed by atoms with Gasteiger partial charge in [0, 0.05) is 13.6 Å². The molecular formula is C14H18N5O2+. The number of aliphatic imine (C=N–C) groups is 1. The fraction of sp³-hybridized carbons (Fsp3) is 0.429. The Labute approximate surface area is 122 Å². The molecule has 2 aliphatic rings. The average Bonchev–Trinajstić information content (AvgIpc) is 2.95. The number of carbonyl (C=O) groups excluding carboxylic acids is 2. The van der Waals surface area contributed by atoms with Crippen molar-refractivity contribution in [3.63, 3.8) is 0 Å². The number of hydrogen-bond donors (Lipinski definition) is 0. The Kier molecular flexibility index (Phi) is 2.93. The highest BCUT2D eigenvalue weighted by Gasteiger charge is 2.52. The summed E-state index contributed by atoms with van der Waals surface area (Å²) in [5.74, 6) is 0.944. The van der Waals surface area contributed by atoms with Gasteiger partial charge in [-0.1, -0.05) is 17.6 Å². The quantitative estimate of drug-likeness (QED) is 0.609. The monoisotopic (exact) mass is 288 g/mol. The predicted octanol–water partition coefficient (Wildman–Crippen LogP) is 0.769. The van der Waals surface area contributed by atoms with Gasteiger partial charge in [-0.3, -0.25) is 14.6 Å². The third kappa shape index (κ3) is 1.66. The van der Waals surface area contributed by atoms with E-state index < -0.39 is 6.04 Å². The second-order valence-electron chi connectivity index (χ2n) is 5.17. The number of fused-ring (bicyclic) bond motifs is 3. The molecule has 21 heavy (non-hydrogen) atoms. The summed E-state index contributed by atoms with van der Waals surface area (Å²) in [6.07, 6.45) is 3.68. The average molecular weight is 288 g/mol. The molecule has 1 unspecified atom stereocenters. The Morgan fingerprint density at radius 2 is 2.19 bits per heavy atom. The summed E-state index contributed by atoms with van der Waals surface area (Å²) in [7, 11) is 1.65. The molecule has 0 bridgehead atoms. The molecule has 3 heterocycles. The molecule has 0 aliphatic carbocycles. The van der Waals surface area contributed by atoms with Crippen LogP contribution in [0.4, 0.5) is 10.7 Å². The Balaban J connectivity index is 2.14. The topological polar surface area (TPSA) is 61.8 Å². The first-order chi connectivity index (χ1) is 10.0. The zero-order valence-electron chi connectivity index (χ0n) is 12.4. The number of amides is 3. The van der Waals surface area contributed by atoms with Gasteiger partial charge in [0.15, 0.2) is 0 Å². The Morgan fingerprint density at radius 3 is 2.81 bits per heavy atom. The van der Waals surface area contributed by atoms with Crippen LogP contribution in [0.15, 0.2) is 23.8 Å². The molecule has 0 N–H and O–H groups in total. The molecule has 1 atom stereocenters. The van der Waals surface area contributed by atoms with Crippen LogP contribution >= 0.6 is 0 Å². The number of urea groups is 1. The first-order valence-electron chi connectivity index (χ1n) is 6.91. The van der Waals surface area contributed by atoms with Gasteiger partial charge in [-0.25, -0.2) is 13.9 Å². The van der Waals surface area contributed by atoms with Crippen LogP contribution in [0.1, 0.15) is 18.7 Å². The molecule has 0 aromatic carbocycles. The van der Waals surface area contributed by atoms with Crippen molar-refractivity contribution in [2.24, 2.45) is 4.99 Å². The fourth-order valence-corrected chi connectivity index (χ4v) is 2.88. The van der Waals surface area contributed by atoms with Crippen LogP contribution in [0.2, 0.25) is 0 Å². The lowest BCUT2D eigenvalue weighted by Crippen LogP contribution is -2.62. The largest absolute Gasteiger partial charge is 0.402 e. The number of carbonyl (C=O) groups is 2. The minimum absolute atomic E-state index is 0.223. The number of nitrogens with zero attached hydrogens (tertiary/aromatic N) is 5. The van der Waals surface area contributed by atoms with Gasteiger partial charge in [0.05, 0.1) is 6.54 Å². The summed E-state index contributed by atoms with van der Waals surface area (Å²) in [6.45, 7) is 8.46. The minimum atomic E-state index is -0.549. The second-order valence-corrected chi connectivity index (χ2v) is 5.17. The highest BCUT2D eigenvalue weighted by Crippen LogP contribution is 2.28. The third-order valence-corrected chi connectivity index (χ3v) is 3.95. The van der Waals surface area contributed by atoms with Crippen LogP contribution in [0.3, 0.4) is 0 Å². The molecule has 1 saturated heterocycles. The van der Waals surface area contributed by atoms with Crippen molar-refractivity contribution in [3.8, 4) is 0 Å². The van der Waals surface area contributed by atoms with E-state index >= 15 is 0 Å².